The molecule has 0 unspecified atom stereocenters. The summed E-state index contributed by atoms with van der Waals surface area (Å²) in [7, 11) is -4.45. The Bertz CT molecular complexity index is 1580. The van der Waals surface area contributed by atoms with Crippen LogP contribution in [0.4, 0.5) is 5.69 Å². The second-order valence-corrected chi connectivity index (χ2v) is 11.7. The molecule has 0 spiro atoms. The molecule has 0 amide bonds. The fraction of sp³-hybridized carbons (Fsp3) is 0.130. The average Bonchev–Trinajstić information content (AvgIpc) is 3.43. The molecule has 0 fully saturated rings. The van der Waals surface area contributed by atoms with Gasteiger partial charge in [-0.2, -0.15) is 0 Å². The van der Waals surface area contributed by atoms with Gasteiger partial charge in [0, 0.05) is 17.5 Å². The van der Waals surface area contributed by atoms with Crippen molar-refractivity contribution in [2.75, 3.05) is 17.2 Å². The van der Waals surface area contributed by atoms with Crippen LogP contribution in [-0.2, 0) is 21.5 Å². The van der Waals surface area contributed by atoms with Crippen molar-refractivity contribution in [3.63, 3.8) is 0 Å². The number of hydrogen-bond donors (Lipinski definition) is 1. The minimum Gasteiger partial charge on any atom is -0.748 e. The first-order valence-corrected chi connectivity index (χ1v) is 13.9. The number of aliphatic carboxylic acids is 1. The van der Waals surface area contributed by atoms with E-state index in [9.17, 15) is 22.9 Å². The van der Waals surface area contributed by atoms with Crippen LogP contribution in [0, 0.1) is 0 Å². The Kier molecular flexibility index (Phi) is 6.36. The van der Waals surface area contributed by atoms with Crippen molar-refractivity contribution >= 4 is 73.0 Å². The highest BCUT2D eigenvalue weighted by molar-refractivity contribution is 8.04. The van der Waals surface area contributed by atoms with E-state index in [4.69, 9.17) is 16.0 Å². The second-order valence-electron chi connectivity index (χ2n) is 7.69. The molecule has 12 heteroatoms. The van der Waals surface area contributed by atoms with Gasteiger partial charge in [0.05, 0.1) is 32.7 Å². The summed E-state index contributed by atoms with van der Waals surface area (Å²) in [6.45, 7) is -0.379. The van der Waals surface area contributed by atoms with Gasteiger partial charge in [0.2, 0.25) is 11.8 Å². The summed E-state index contributed by atoms with van der Waals surface area (Å²) in [5, 5.41) is 10.8. The molecule has 2 aromatic heterocycles. The van der Waals surface area contributed by atoms with Crippen LogP contribution in [0.3, 0.4) is 0 Å². The van der Waals surface area contributed by atoms with Gasteiger partial charge in [-0.15, -0.1) is 4.57 Å². The number of thiazole rings is 1. The van der Waals surface area contributed by atoms with Crippen molar-refractivity contribution in [1.82, 2.24) is 0 Å². The van der Waals surface area contributed by atoms with Crippen molar-refractivity contribution in [1.29, 1.82) is 0 Å². The Labute approximate surface area is 213 Å². The van der Waals surface area contributed by atoms with Gasteiger partial charge in [-0.3, -0.25) is 0 Å². The minimum atomic E-state index is -4.45. The topological polar surface area (TPSA) is 115 Å². The largest absolute Gasteiger partial charge is 0.748 e. The number of anilines is 1. The summed E-state index contributed by atoms with van der Waals surface area (Å²) >= 11 is 8.67. The summed E-state index contributed by atoms with van der Waals surface area (Å²) in [6, 6.07) is 17.3. The molecule has 0 bridgehead atoms. The summed E-state index contributed by atoms with van der Waals surface area (Å²) < 4.78 is 42.0. The smallest absolute Gasteiger partial charge is 0.394 e. The quantitative estimate of drug-likeness (QED) is 0.262. The molecule has 5 rings (SSSR count). The molecule has 1 aliphatic heterocycles. The molecule has 0 saturated carbocycles. The van der Waals surface area contributed by atoms with Crippen LogP contribution in [-0.4, -0.2) is 36.3 Å². The van der Waals surface area contributed by atoms with E-state index in [1.807, 2.05) is 48.5 Å². The van der Waals surface area contributed by atoms with Crippen molar-refractivity contribution in [3.05, 3.63) is 69.9 Å². The molecular formula is C23H17ClN2O6S3. The van der Waals surface area contributed by atoms with Crippen LogP contribution in [0.5, 0.6) is 0 Å². The summed E-state index contributed by atoms with van der Waals surface area (Å²) in [6.07, 6.45) is 1.78. The van der Waals surface area contributed by atoms with Crippen molar-refractivity contribution in [3.8, 4) is 11.1 Å². The van der Waals surface area contributed by atoms with Crippen molar-refractivity contribution in [2.45, 2.75) is 11.4 Å². The van der Waals surface area contributed by atoms with Gasteiger partial charge in [-0.1, -0.05) is 59.5 Å². The highest BCUT2D eigenvalue weighted by Gasteiger charge is 2.31. The van der Waals surface area contributed by atoms with E-state index in [-0.39, 0.29) is 18.3 Å². The molecular weight excluding hydrogens is 532 g/mol. The normalized spacial score (nSPS) is 14.7. The molecule has 0 saturated heterocycles. The zero-order valence-corrected chi connectivity index (χ0v) is 21.1. The lowest BCUT2D eigenvalue weighted by Crippen LogP contribution is -2.39. The second kappa shape index (κ2) is 9.32. The van der Waals surface area contributed by atoms with Gasteiger partial charge in [0.1, 0.15) is 0 Å². The molecule has 180 valence electrons. The number of carboxylic acid groups (broad SMARTS) is 1. The van der Waals surface area contributed by atoms with Crippen LogP contribution >= 0.6 is 34.7 Å². The maximum Gasteiger partial charge on any atom is 0.394 e. The lowest BCUT2D eigenvalue weighted by atomic mass is 10.0. The Hall–Kier alpha value is -2.83. The molecule has 1 N–H and O–H groups in total. The zero-order valence-electron chi connectivity index (χ0n) is 17.9. The predicted molar refractivity (Wildman–Crippen MR) is 135 cm³/mol. The van der Waals surface area contributed by atoms with Gasteiger partial charge in [0.15, 0.2) is 4.70 Å². The number of fused-ring (bicyclic) bond motifs is 2. The number of rotatable bonds is 7. The molecule has 8 nitrogen and oxygen atoms in total. The predicted octanol–water partition coefficient (Wildman–Crippen LogP) is 4.64. The van der Waals surface area contributed by atoms with Crippen molar-refractivity contribution < 1.29 is 31.9 Å². The van der Waals surface area contributed by atoms with E-state index < -0.39 is 21.8 Å². The Balaban J connectivity index is 1.59. The number of aromatic nitrogens is 1. The number of carboxylic acids is 1. The standard InChI is InChI=1S/C23H17ClN2O6S3/c24-19-11-18-23(32-19)26(13-22(27)28)21(34-18)12-20-25(8-9-35(29,30)31)16-10-15(6-7-17(16)33-20)14-4-2-1-3-5-14/h1-7,10-12H,8-9,13H2,(H-,27,28,29,30,31). The third kappa shape index (κ3) is 5.09. The van der Waals surface area contributed by atoms with E-state index in [1.54, 1.807) is 17.0 Å². The summed E-state index contributed by atoms with van der Waals surface area (Å²) in [5.41, 5.74) is 3.07. The van der Waals surface area contributed by atoms with Gasteiger partial charge < -0.3 is 19.0 Å². The molecule has 0 radical (unpaired) electrons. The highest BCUT2D eigenvalue weighted by Crippen LogP contribution is 2.48. The molecule has 0 atom stereocenters. The molecule has 35 heavy (non-hydrogen) atoms. The molecule has 0 aliphatic carbocycles. The van der Waals surface area contributed by atoms with E-state index in [2.05, 4.69) is 0 Å². The SMILES string of the molecule is O=C(O)C[n+]1c(C=C2Sc3ccc(-c4ccccc4)cc3N2CCS(=O)(=O)[O-])sc2cc(Cl)oc21. The van der Waals surface area contributed by atoms with Gasteiger partial charge in [-0.05, 0) is 34.9 Å². The number of carbonyl (C=O) groups is 1. The van der Waals surface area contributed by atoms with Gasteiger partial charge in [-0.25, -0.2) is 13.2 Å². The highest BCUT2D eigenvalue weighted by atomic mass is 35.5. The summed E-state index contributed by atoms with van der Waals surface area (Å²) in [5.74, 6) is -1.62. The Morgan fingerprint density at radius 1 is 1.17 bits per heavy atom. The van der Waals surface area contributed by atoms with Gasteiger partial charge in [0.25, 0.3) is 5.01 Å². The minimum absolute atomic E-state index is 0.0395. The lowest BCUT2D eigenvalue weighted by molar-refractivity contribution is -0.663. The molecule has 3 heterocycles. The zero-order chi connectivity index (χ0) is 24.7. The van der Waals surface area contributed by atoms with E-state index >= 15 is 0 Å². The first-order chi connectivity index (χ1) is 16.7. The number of benzene rings is 2. The van der Waals surface area contributed by atoms with Crippen molar-refractivity contribution in [2.24, 2.45) is 0 Å². The lowest BCUT2D eigenvalue weighted by Gasteiger charge is -2.21. The molecule has 1 aliphatic rings. The number of nitrogens with zero attached hydrogens (tertiary/aromatic N) is 2. The third-order valence-corrected chi connectivity index (χ3v) is 8.36. The molecule has 2 aromatic carbocycles. The Morgan fingerprint density at radius 3 is 2.66 bits per heavy atom. The maximum atomic E-state index is 11.5. The fourth-order valence-electron chi connectivity index (χ4n) is 3.82. The first kappa shape index (κ1) is 23.9. The number of hydrogen-bond acceptors (Lipinski definition) is 8. The fourth-order valence-corrected chi connectivity index (χ4v) is 6.71. The number of halogens is 1. The van der Waals surface area contributed by atoms with E-state index in [0.29, 0.717) is 20.5 Å². The van der Waals surface area contributed by atoms with Gasteiger partial charge >= 0.3 is 11.7 Å². The third-order valence-electron chi connectivity index (χ3n) is 5.32. The molecule has 4 aromatic rings. The summed E-state index contributed by atoms with van der Waals surface area (Å²) in [4.78, 5) is 14.2. The van der Waals surface area contributed by atoms with Crippen LogP contribution in [0.2, 0.25) is 5.22 Å². The monoisotopic (exact) mass is 548 g/mol. The van der Waals surface area contributed by atoms with E-state index in [1.165, 1.54) is 27.7 Å². The number of thioether (sulfide) groups is 1. The Morgan fingerprint density at radius 2 is 1.94 bits per heavy atom. The van der Waals surface area contributed by atoms with Crippen LogP contribution < -0.4 is 9.47 Å². The first-order valence-electron chi connectivity index (χ1n) is 10.3. The van der Waals surface area contributed by atoms with Crippen LogP contribution in [0.1, 0.15) is 5.01 Å². The van der Waals surface area contributed by atoms with E-state index in [0.717, 1.165) is 21.7 Å². The maximum absolute atomic E-state index is 11.5. The number of furan rings is 1. The average molecular weight is 549 g/mol. The van der Waals surface area contributed by atoms with Crippen LogP contribution in [0.25, 0.3) is 27.6 Å². The van der Waals surface area contributed by atoms with Crippen LogP contribution in [0.15, 0.2) is 68.9 Å².